The van der Waals surface area contributed by atoms with Gasteiger partial charge in [0.25, 0.3) is 0 Å². The molecule has 1 N–H and O–H groups in total. The summed E-state index contributed by atoms with van der Waals surface area (Å²) in [6.07, 6.45) is -1.77. The SMILES string of the molecule is O=C(Cc1cccs1)NCC1CCc2nc(C(F)(F)F)cn2C1. The van der Waals surface area contributed by atoms with Crippen molar-refractivity contribution < 1.29 is 18.0 Å². The van der Waals surface area contributed by atoms with Crippen molar-refractivity contribution in [3.63, 3.8) is 0 Å². The highest BCUT2D eigenvalue weighted by Gasteiger charge is 2.35. The summed E-state index contributed by atoms with van der Waals surface area (Å²) in [6, 6.07) is 3.80. The predicted octanol–water partition coefficient (Wildman–Crippen LogP) is 2.88. The van der Waals surface area contributed by atoms with Gasteiger partial charge < -0.3 is 9.88 Å². The summed E-state index contributed by atoms with van der Waals surface area (Å²) in [4.78, 5) is 16.5. The first kappa shape index (κ1) is 16.0. The molecular weight excluding hydrogens is 327 g/mol. The number of alkyl halides is 3. The summed E-state index contributed by atoms with van der Waals surface area (Å²) in [5.74, 6) is 0.545. The number of imidazole rings is 1. The first-order chi connectivity index (χ1) is 10.9. The molecule has 0 saturated heterocycles. The summed E-state index contributed by atoms with van der Waals surface area (Å²) in [5.41, 5.74) is -0.838. The molecule has 4 nitrogen and oxygen atoms in total. The average Bonchev–Trinajstić information content (AvgIpc) is 3.12. The highest BCUT2D eigenvalue weighted by Crippen LogP contribution is 2.30. The Bertz CT molecular complexity index is 679. The normalized spacial score (nSPS) is 17.8. The molecule has 0 fully saturated rings. The van der Waals surface area contributed by atoms with Gasteiger partial charge in [-0.3, -0.25) is 4.79 Å². The van der Waals surface area contributed by atoms with Crippen LogP contribution in [0, 0.1) is 5.92 Å². The molecule has 1 atom stereocenters. The highest BCUT2D eigenvalue weighted by atomic mass is 32.1. The Balaban J connectivity index is 1.53. The average molecular weight is 343 g/mol. The lowest BCUT2D eigenvalue weighted by Crippen LogP contribution is -2.34. The number of rotatable bonds is 4. The maximum absolute atomic E-state index is 12.7. The third-order valence-electron chi connectivity index (χ3n) is 3.88. The largest absolute Gasteiger partial charge is 0.434 e. The smallest absolute Gasteiger partial charge is 0.355 e. The molecule has 0 radical (unpaired) electrons. The van der Waals surface area contributed by atoms with Crippen molar-refractivity contribution in [1.82, 2.24) is 14.9 Å². The zero-order valence-corrected chi connectivity index (χ0v) is 13.1. The van der Waals surface area contributed by atoms with Crippen LogP contribution in [0.2, 0.25) is 0 Å². The number of nitrogens with one attached hydrogen (secondary N) is 1. The van der Waals surface area contributed by atoms with Crippen LogP contribution in [0.5, 0.6) is 0 Å². The molecule has 1 unspecified atom stereocenters. The number of hydrogen-bond acceptors (Lipinski definition) is 3. The molecule has 1 aliphatic heterocycles. The van der Waals surface area contributed by atoms with E-state index in [2.05, 4.69) is 10.3 Å². The minimum absolute atomic E-state index is 0.0557. The topological polar surface area (TPSA) is 46.9 Å². The van der Waals surface area contributed by atoms with E-state index in [4.69, 9.17) is 0 Å². The maximum atomic E-state index is 12.7. The molecule has 0 aliphatic carbocycles. The molecule has 1 aliphatic rings. The molecular formula is C15H16F3N3OS. The van der Waals surface area contributed by atoms with Crippen molar-refractivity contribution >= 4 is 17.2 Å². The Morgan fingerprint density at radius 2 is 2.30 bits per heavy atom. The van der Waals surface area contributed by atoms with Gasteiger partial charge in [0.2, 0.25) is 5.91 Å². The number of thiophene rings is 1. The molecule has 3 heterocycles. The van der Waals surface area contributed by atoms with E-state index in [0.29, 0.717) is 31.8 Å². The van der Waals surface area contributed by atoms with Crippen LogP contribution in [0.4, 0.5) is 13.2 Å². The van der Waals surface area contributed by atoms with Gasteiger partial charge in [-0.1, -0.05) is 6.07 Å². The van der Waals surface area contributed by atoms with Gasteiger partial charge >= 0.3 is 6.18 Å². The monoisotopic (exact) mass is 343 g/mol. The fraction of sp³-hybridized carbons (Fsp3) is 0.467. The number of aryl methyl sites for hydroxylation is 1. The van der Waals surface area contributed by atoms with Crippen LogP contribution in [-0.4, -0.2) is 22.0 Å². The zero-order valence-electron chi connectivity index (χ0n) is 12.3. The zero-order chi connectivity index (χ0) is 16.4. The lowest BCUT2D eigenvalue weighted by Gasteiger charge is -2.23. The van der Waals surface area contributed by atoms with Gasteiger partial charge in [0.15, 0.2) is 5.69 Å². The van der Waals surface area contributed by atoms with Gasteiger partial charge in [-0.2, -0.15) is 13.2 Å². The van der Waals surface area contributed by atoms with Crippen molar-refractivity contribution in [2.45, 2.75) is 32.0 Å². The number of carbonyl (C=O) groups excluding carboxylic acids is 1. The maximum Gasteiger partial charge on any atom is 0.434 e. The molecule has 8 heteroatoms. The highest BCUT2D eigenvalue weighted by molar-refractivity contribution is 7.10. The van der Waals surface area contributed by atoms with E-state index in [-0.39, 0.29) is 11.8 Å². The Morgan fingerprint density at radius 1 is 1.48 bits per heavy atom. The van der Waals surface area contributed by atoms with Gasteiger partial charge in [0.1, 0.15) is 5.82 Å². The second-order valence-electron chi connectivity index (χ2n) is 5.66. The molecule has 0 bridgehead atoms. The second kappa shape index (κ2) is 6.35. The number of amides is 1. The predicted molar refractivity (Wildman–Crippen MR) is 80.1 cm³/mol. The number of hydrogen-bond donors (Lipinski definition) is 1. The van der Waals surface area contributed by atoms with Crippen LogP contribution in [0.15, 0.2) is 23.7 Å². The lowest BCUT2D eigenvalue weighted by atomic mass is 9.99. The van der Waals surface area contributed by atoms with Gasteiger partial charge in [0.05, 0.1) is 6.42 Å². The van der Waals surface area contributed by atoms with Crippen LogP contribution < -0.4 is 5.32 Å². The van der Waals surface area contributed by atoms with Gasteiger partial charge in [-0.05, 0) is 23.8 Å². The Kier molecular flexibility index (Phi) is 4.43. The van der Waals surface area contributed by atoms with E-state index >= 15 is 0 Å². The molecule has 2 aromatic rings. The number of aromatic nitrogens is 2. The second-order valence-corrected chi connectivity index (χ2v) is 6.69. The fourth-order valence-corrected chi connectivity index (χ4v) is 3.41. The van der Waals surface area contributed by atoms with Crippen molar-refractivity contribution in [2.75, 3.05) is 6.54 Å². The van der Waals surface area contributed by atoms with Crippen molar-refractivity contribution in [3.05, 3.63) is 40.1 Å². The van der Waals surface area contributed by atoms with Crippen LogP contribution in [0.1, 0.15) is 22.8 Å². The summed E-state index contributed by atoms with van der Waals surface area (Å²) in [7, 11) is 0. The molecule has 2 aromatic heterocycles. The molecule has 0 saturated carbocycles. The molecule has 0 spiro atoms. The van der Waals surface area contributed by atoms with Crippen LogP contribution >= 0.6 is 11.3 Å². The Labute approximate surface area is 135 Å². The Morgan fingerprint density at radius 3 is 3.00 bits per heavy atom. The number of halogens is 3. The van der Waals surface area contributed by atoms with Gasteiger partial charge in [-0.15, -0.1) is 11.3 Å². The number of nitrogens with zero attached hydrogens (tertiary/aromatic N) is 2. The fourth-order valence-electron chi connectivity index (χ4n) is 2.71. The summed E-state index contributed by atoms with van der Waals surface area (Å²) >= 11 is 1.53. The molecule has 1 amide bonds. The van der Waals surface area contributed by atoms with Crippen molar-refractivity contribution in [2.24, 2.45) is 5.92 Å². The number of fused-ring (bicyclic) bond motifs is 1. The molecule has 0 aromatic carbocycles. The molecule has 23 heavy (non-hydrogen) atoms. The van der Waals surface area contributed by atoms with E-state index in [9.17, 15) is 18.0 Å². The van der Waals surface area contributed by atoms with Gasteiger partial charge in [-0.25, -0.2) is 4.98 Å². The van der Waals surface area contributed by atoms with E-state index in [0.717, 1.165) is 17.5 Å². The van der Waals surface area contributed by atoms with E-state index in [1.54, 1.807) is 4.57 Å². The van der Waals surface area contributed by atoms with Crippen LogP contribution in [0.3, 0.4) is 0 Å². The molecule has 3 rings (SSSR count). The van der Waals surface area contributed by atoms with Gasteiger partial charge in [0, 0.05) is 30.6 Å². The van der Waals surface area contributed by atoms with E-state index in [1.165, 1.54) is 11.3 Å². The van der Waals surface area contributed by atoms with Crippen molar-refractivity contribution in [1.29, 1.82) is 0 Å². The quantitative estimate of drug-likeness (QED) is 0.928. The third kappa shape index (κ3) is 3.93. The standard InChI is InChI=1S/C15H16F3N3OS/c16-15(17,18)12-9-21-8-10(3-4-13(21)20-12)7-19-14(22)6-11-2-1-5-23-11/h1-2,5,9-10H,3-4,6-8H2,(H,19,22). The van der Waals surface area contributed by atoms with E-state index < -0.39 is 11.9 Å². The van der Waals surface area contributed by atoms with Crippen molar-refractivity contribution in [3.8, 4) is 0 Å². The first-order valence-corrected chi connectivity index (χ1v) is 8.22. The summed E-state index contributed by atoms with van der Waals surface area (Å²) in [6.45, 7) is 0.931. The molecule has 124 valence electrons. The summed E-state index contributed by atoms with van der Waals surface area (Å²) in [5, 5.41) is 4.79. The lowest BCUT2D eigenvalue weighted by molar-refractivity contribution is -0.141. The van der Waals surface area contributed by atoms with Crippen LogP contribution in [0.25, 0.3) is 0 Å². The van der Waals surface area contributed by atoms with Crippen LogP contribution in [-0.2, 0) is 30.4 Å². The third-order valence-corrected chi connectivity index (χ3v) is 4.76. The summed E-state index contributed by atoms with van der Waals surface area (Å²) < 4.78 is 39.6. The Hall–Kier alpha value is -1.83. The number of carbonyl (C=O) groups is 1. The minimum Gasteiger partial charge on any atom is -0.355 e. The minimum atomic E-state index is -4.41. The first-order valence-electron chi connectivity index (χ1n) is 7.34. The van der Waals surface area contributed by atoms with E-state index in [1.807, 2.05) is 17.5 Å².